The quantitative estimate of drug-likeness (QED) is 0.0268. The van der Waals surface area contributed by atoms with E-state index in [1.165, 1.54) is 22.3 Å². The zero-order chi connectivity index (χ0) is 92.9. The molecule has 0 spiro atoms. The maximum atomic E-state index is 12.9. The van der Waals surface area contributed by atoms with Crippen LogP contribution in [0.1, 0.15) is 265 Å². The van der Waals surface area contributed by atoms with Crippen molar-refractivity contribution < 1.29 is 82.8 Å². The number of hydrogen-bond acceptors (Lipinski definition) is 21. The Hall–Kier alpha value is -12.2. The molecule has 12 heterocycles. The number of hydrogen-bond donors (Lipinski definition) is 9. The molecule has 9 N–H and O–H groups in total. The van der Waals surface area contributed by atoms with E-state index in [0.29, 0.717) is 103 Å². The lowest BCUT2D eigenvalue weighted by Crippen LogP contribution is -2.52. The van der Waals surface area contributed by atoms with Crippen molar-refractivity contribution in [1.82, 2.24) is 60.9 Å². The van der Waals surface area contributed by atoms with Crippen LogP contribution in [0.15, 0.2) is 194 Å². The number of nitrogens with one attached hydrogen (secondary N) is 5. The van der Waals surface area contributed by atoms with Crippen molar-refractivity contribution in [3.05, 3.63) is 283 Å². The zero-order valence-corrected chi connectivity index (χ0v) is 75.9. The number of amides is 12. The van der Waals surface area contributed by atoms with Crippen molar-refractivity contribution in [2.45, 2.75) is 202 Å². The molecule has 8 aromatic rings. The van der Waals surface area contributed by atoms with E-state index in [0.717, 1.165) is 143 Å². The van der Waals surface area contributed by atoms with Gasteiger partial charge in [0.2, 0.25) is 47.3 Å². The first kappa shape index (κ1) is 98.8. The molecular formula is C105H121ClN12O17. The molecule has 710 valence electrons. The summed E-state index contributed by atoms with van der Waals surface area (Å²) in [6.07, 6.45) is 10.8. The molecule has 12 aliphatic heterocycles. The van der Waals surface area contributed by atoms with Gasteiger partial charge in [0.25, 0.3) is 23.6 Å². The van der Waals surface area contributed by atoms with Gasteiger partial charge in [-0.2, -0.15) is 0 Å². The van der Waals surface area contributed by atoms with Crippen LogP contribution < -0.4 is 26.6 Å². The van der Waals surface area contributed by atoms with Crippen LogP contribution in [0.2, 0.25) is 0 Å². The van der Waals surface area contributed by atoms with Crippen molar-refractivity contribution in [2.75, 3.05) is 78.8 Å². The fourth-order valence-corrected chi connectivity index (χ4v) is 21.2. The van der Waals surface area contributed by atoms with Crippen molar-refractivity contribution in [3.63, 3.8) is 0 Å². The molecule has 30 heteroatoms. The fraction of sp³-hybridized carbons (Fsp3) is 0.419. The zero-order valence-electron chi connectivity index (χ0n) is 75.1. The first-order valence-electron chi connectivity index (χ1n) is 46.8. The summed E-state index contributed by atoms with van der Waals surface area (Å²) >= 11 is 0. The van der Waals surface area contributed by atoms with Crippen LogP contribution >= 0.6 is 12.4 Å². The van der Waals surface area contributed by atoms with Gasteiger partial charge < -0.3 is 45.3 Å². The van der Waals surface area contributed by atoms with Crippen molar-refractivity contribution in [1.29, 1.82) is 0 Å². The predicted molar refractivity (Wildman–Crippen MR) is 506 cm³/mol. The number of nitrogens with zero attached hydrogens (tertiary/aromatic N) is 7. The molecule has 0 aromatic heterocycles. The fourth-order valence-electron chi connectivity index (χ4n) is 21.2. The molecule has 8 fully saturated rings. The van der Waals surface area contributed by atoms with Crippen LogP contribution in [0.3, 0.4) is 0 Å². The highest BCUT2D eigenvalue weighted by Gasteiger charge is 2.45. The summed E-state index contributed by atoms with van der Waals surface area (Å²) in [7, 11) is 0. The number of carbonyl (C=O) groups is 13. The molecular weight excluding hydrogens is 1740 g/mol. The van der Waals surface area contributed by atoms with E-state index in [1.807, 2.05) is 103 Å². The lowest BCUT2D eigenvalue weighted by atomic mass is 9.87. The van der Waals surface area contributed by atoms with Crippen molar-refractivity contribution in [2.24, 2.45) is 0 Å². The number of imide groups is 4. The van der Waals surface area contributed by atoms with Gasteiger partial charge in [-0.1, -0.05) is 177 Å². The minimum absolute atomic E-state index is 0. The number of likely N-dealkylation sites (tertiary alicyclic amines) is 3. The monoisotopic (exact) mass is 1860 g/mol. The lowest BCUT2D eigenvalue weighted by Gasteiger charge is -2.37. The highest BCUT2D eigenvalue weighted by molar-refractivity contribution is 6.09. The number of ketones is 1. The van der Waals surface area contributed by atoms with Gasteiger partial charge in [-0.15, -0.1) is 12.4 Å². The normalized spacial score (nSPS) is 21.9. The van der Waals surface area contributed by atoms with Gasteiger partial charge in [-0.05, 0) is 239 Å². The SMILES string of the molecule is C.Cl.O=C(CO)c1ccccc1.O=C1CCC(N2Cc3cc(C4CCN(C(CO)c5ccccc5)CC4)ccc3C2=O)C(=O)N1.O=C1CCC(N2Cc3cc(C4CCN([C@@H](CO)c5ccccc5)CC4)ccc3C2=O)C(=O)N1.O=C1CCC(N2Cc3cc(C4CCN([C@H](CO)c5ccccc5)CC4)ccc3C2=O)C(=O)N1.O=C1CCC(N2Cc3cc(C4CCNCC4)ccc3C2=O)C(=O)N1. The molecule has 0 radical (unpaired) electrons. The number of aliphatic hydroxyl groups excluding tert-OH is 4. The van der Waals surface area contributed by atoms with Crippen LogP contribution in [0, 0.1) is 0 Å². The molecule has 8 saturated heterocycles. The molecule has 135 heavy (non-hydrogen) atoms. The molecule has 12 aliphatic rings. The number of rotatable bonds is 19. The first-order valence-corrected chi connectivity index (χ1v) is 46.8. The highest BCUT2D eigenvalue weighted by atomic mass is 35.5. The number of aliphatic hydroxyl groups is 4. The number of piperidine rings is 8. The van der Waals surface area contributed by atoms with Crippen molar-refractivity contribution in [3.8, 4) is 0 Å². The van der Waals surface area contributed by atoms with Gasteiger partial charge in [0.05, 0.1) is 37.9 Å². The largest absolute Gasteiger partial charge is 0.394 e. The maximum Gasteiger partial charge on any atom is 0.255 e. The summed E-state index contributed by atoms with van der Waals surface area (Å²) in [6, 6.07) is 61.2. The lowest BCUT2D eigenvalue weighted by molar-refractivity contribution is -0.138. The van der Waals surface area contributed by atoms with Crippen LogP contribution in [0.25, 0.3) is 0 Å². The Kier molecular flexibility index (Phi) is 33.3. The maximum absolute atomic E-state index is 12.9. The summed E-state index contributed by atoms with van der Waals surface area (Å²) < 4.78 is 0. The Bertz CT molecular complexity index is 5240. The van der Waals surface area contributed by atoms with Gasteiger partial charge in [0.1, 0.15) is 30.8 Å². The van der Waals surface area contributed by atoms with E-state index in [4.69, 9.17) is 5.11 Å². The molecule has 5 unspecified atom stereocenters. The topological polar surface area (TPSA) is 386 Å². The summed E-state index contributed by atoms with van der Waals surface area (Å²) in [4.78, 5) is 170. The Balaban J connectivity index is 0.000000139. The third-order valence-corrected chi connectivity index (χ3v) is 28.6. The van der Waals surface area contributed by atoms with Gasteiger partial charge >= 0.3 is 0 Å². The van der Waals surface area contributed by atoms with Gasteiger partial charge in [0.15, 0.2) is 5.78 Å². The minimum atomic E-state index is -0.581. The van der Waals surface area contributed by atoms with Gasteiger partial charge in [-0.3, -0.25) is 98.3 Å². The average molecular weight is 1860 g/mol. The third kappa shape index (κ3) is 22.7. The Morgan fingerprint density at radius 1 is 0.311 bits per heavy atom. The molecule has 20 rings (SSSR count). The second-order valence-corrected chi connectivity index (χ2v) is 36.5. The molecule has 12 amide bonds. The van der Waals surface area contributed by atoms with E-state index in [-0.39, 0.29) is 160 Å². The molecule has 0 saturated carbocycles. The summed E-state index contributed by atoms with van der Waals surface area (Å²) in [5.41, 5.74) is 15.5. The highest BCUT2D eigenvalue weighted by Crippen LogP contribution is 2.42. The second-order valence-electron chi connectivity index (χ2n) is 36.5. The Labute approximate surface area is 792 Å². The summed E-state index contributed by atoms with van der Waals surface area (Å²) in [6.45, 7) is 9.08. The average Bonchev–Trinajstić information content (AvgIpc) is 1.64. The number of Topliss-reactive ketones (excluding diaryl/α,β-unsaturated/α-hetero) is 1. The molecule has 8 aromatic carbocycles. The van der Waals surface area contributed by atoms with Crippen LogP contribution in [0.4, 0.5) is 0 Å². The van der Waals surface area contributed by atoms with E-state index >= 15 is 0 Å². The van der Waals surface area contributed by atoms with E-state index in [2.05, 4.69) is 108 Å². The van der Waals surface area contributed by atoms with Crippen LogP contribution in [0.5, 0.6) is 0 Å². The summed E-state index contributed by atoms with van der Waals surface area (Å²) in [5, 5.41) is 51.2. The van der Waals surface area contributed by atoms with E-state index in [9.17, 15) is 77.6 Å². The molecule has 0 aliphatic carbocycles. The Morgan fingerprint density at radius 3 is 0.778 bits per heavy atom. The number of benzene rings is 8. The number of fused-ring (bicyclic) bond motifs is 4. The van der Waals surface area contributed by atoms with Gasteiger partial charge in [0, 0.05) is 79.7 Å². The minimum Gasteiger partial charge on any atom is -0.394 e. The third-order valence-electron chi connectivity index (χ3n) is 28.6. The second kappa shape index (κ2) is 45.5. The van der Waals surface area contributed by atoms with E-state index in [1.54, 1.807) is 43.9 Å². The predicted octanol–water partition coefficient (Wildman–Crippen LogP) is 9.92. The molecule has 29 nitrogen and oxygen atoms in total. The first-order chi connectivity index (χ1) is 64.6. The van der Waals surface area contributed by atoms with Crippen LogP contribution in [-0.4, -0.2) is 234 Å². The standard InChI is InChI=1S/3C26H29N3O4.C18H21N3O3.C8H8O2.CH4.ClH/c3*30-16-23(18-4-2-1-3-5-18)28-12-10-17(11-13-28)19-6-7-21-20(14-19)15-29(26(21)33)22-8-9-24(31)27-25(22)32;22-16-4-3-15(17(23)20-16)21-10-13-9-12(1-2-14(13)18(21)24)11-5-7-19-8-6-11;9-6-8(10)7-4-2-1-3-5-7;;/h3*1-7,14,17,22-23,30H,8-13,15-16H2,(H,27,31,32);1-2,9,11,15,19H,3-8,10H2,(H,20,22,23);1-5,9H,6H2;1H4;1H/t2*22?,23-;;;;;/m10...../s1. The van der Waals surface area contributed by atoms with Crippen molar-refractivity contribution >= 4 is 89.1 Å². The summed E-state index contributed by atoms with van der Waals surface area (Å²) in [5.74, 6) is -1.54. The van der Waals surface area contributed by atoms with E-state index < -0.39 is 30.8 Å². The Morgan fingerprint density at radius 2 is 0.548 bits per heavy atom. The van der Waals surface area contributed by atoms with Crippen LogP contribution in [-0.2, 0) is 64.5 Å². The number of halogens is 1. The number of carbonyl (C=O) groups excluding carboxylic acids is 13. The molecule has 0 bridgehead atoms. The smallest absolute Gasteiger partial charge is 0.255 e. The van der Waals surface area contributed by atoms with Gasteiger partial charge in [-0.25, -0.2) is 0 Å². The molecule has 7 atom stereocenters.